The highest BCUT2D eigenvalue weighted by Crippen LogP contribution is 2.55. The van der Waals surface area contributed by atoms with Crippen molar-refractivity contribution in [3.8, 4) is 0 Å². The summed E-state index contributed by atoms with van der Waals surface area (Å²) in [5, 5.41) is 0. The van der Waals surface area contributed by atoms with Gasteiger partial charge in [0.15, 0.2) is 0 Å². The lowest BCUT2D eigenvalue weighted by Crippen LogP contribution is -2.35. The first-order valence-electron chi connectivity index (χ1n) is 10.5. The first-order chi connectivity index (χ1) is 14.0. The number of hydrogen-bond donors (Lipinski definition) is 0. The van der Waals surface area contributed by atoms with Crippen LogP contribution in [-0.4, -0.2) is 0 Å². The van der Waals surface area contributed by atoms with E-state index in [1.807, 2.05) is 13.0 Å². The highest BCUT2D eigenvalue weighted by molar-refractivity contribution is 5.38. The van der Waals surface area contributed by atoms with E-state index in [0.29, 0.717) is 23.5 Å². The molecule has 0 amide bonds. The van der Waals surface area contributed by atoms with Gasteiger partial charge in [-0.15, -0.1) is 0 Å². The second kappa shape index (κ2) is 8.33. The minimum atomic E-state index is -0.567. The first-order valence-corrected chi connectivity index (χ1v) is 10.5. The number of rotatable bonds is 4. The van der Waals surface area contributed by atoms with Crippen LogP contribution >= 0.6 is 0 Å². The van der Waals surface area contributed by atoms with Crippen molar-refractivity contribution < 1.29 is 17.6 Å². The fourth-order valence-electron chi connectivity index (χ4n) is 5.77. The molecule has 2 aliphatic carbocycles. The van der Waals surface area contributed by atoms with Crippen molar-refractivity contribution in [3.63, 3.8) is 0 Å². The van der Waals surface area contributed by atoms with Gasteiger partial charge in [0.1, 0.15) is 23.3 Å². The van der Waals surface area contributed by atoms with E-state index in [-0.39, 0.29) is 17.8 Å². The standard InChI is InChI=1S/C25H26F4/c1-2-3-4-5-15-6-7-20-22(25(15)16-10-17(26)12-18(27)11-16)9-8-21-23(20)13-19(28)14-24(21)29/h2-3,10-15,20,22,25H,4-9H2,1H3/t15-,20-,22+,25-/m1/s1. The summed E-state index contributed by atoms with van der Waals surface area (Å²) in [6.07, 6.45) is 9.05. The molecule has 4 atom stereocenters. The Labute approximate surface area is 169 Å². The van der Waals surface area contributed by atoms with Crippen LogP contribution in [0.5, 0.6) is 0 Å². The van der Waals surface area contributed by atoms with Crippen LogP contribution in [0.4, 0.5) is 17.6 Å². The molecule has 0 bridgehead atoms. The normalized spacial score (nSPS) is 26.4. The summed E-state index contributed by atoms with van der Waals surface area (Å²) in [6.45, 7) is 1.98. The van der Waals surface area contributed by atoms with E-state index >= 15 is 0 Å². The molecule has 0 N–H and O–H groups in total. The summed E-state index contributed by atoms with van der Waals surface area (Å²) in [5.41, 5.74) is 2.06. The van der Waals surface area contributed by atoms with Gasteiger partial charge in [-0.2, -0.15) is 0 Å². The van der Waals surface area contributed by atoms with E-state index in [1.54, 1.807) is 0 Å². The maximum atomic E-state index is 14.4. The van der Waals surface area contributed by atoms with Crippen LogP contribution in [0, 0.1) is 35.1 Å². The van der Waals surface area contributed by atoms with Crippen molar-refractivity contribution in [2.75, 3.05) is 0 Å². The SMILES string of the molecule is CC=CCC[C@@H]1CC[C@H]2c3cc(F)cc(F)c3CC[C@@H]2[C@H]1c1cc(F)cc(F)c1. The molecule has 0 spiro atoms. The van der Waals surface area contributed by atoms with Crippen molar-refractivity contribution in [2.45, 2.75) is 57.3 Å². The highest BCUT2D eigenvalue weighted by atomic mass is 19.1. The van der Waals surface area contributed by atoms with Gasteiger partial charge in [-0.1, -0.05) is 12.2 Å². The van der Waals surface area contributed by atoms with E-state index < -0.39 is 23.3 Å². The van der Waals surface area contributed by atoms with Gasteiger partial charge >= 0.3 is 0 Å². The average Bonchev–Trinajstić information content (AvgIpc) is 2.66. The van der Waals surface area contributed by atoms with Crippen LogP contribution in [0.15, 0.2) is 42.5 Å². The smallest absolute Gasteiger partial charge is 0.129 e. The zero-order chi connectivity index (χ0) is 20.5. The largest absolute Gasteiger partial charge is 0.207 e. The van der Waals surface area contributed by atoms with E-state index in [0.717, 1.165) is 49.8 Å². The van der Waals surface area contributed by atoms with Gasteiger partial charge in [-0.3, -0.25) is 0 Å². The number of benzene rings is 2. The van der Waals surface area contributed by atoms with Crippen molar-refractivity contribution in [3.05, 3.63) is 82.4 Å². The van der Waals surface area contributed by atoms with Gasteiger partial charge in [-0.05, 0) is 104 Å². The van der Waals surface area contributed by atoms with Gasteiger partial charge in [0.2, 0.25) is 0 Å². The molecule has 1 saturated carbocycles. The predicted molar refractivity (Wildman–Crippen MR) is 107 cm³/mol. The maximum absolute atomic E-state index is 14.4. The maximum Gasteiger partial charge on any atom is 0.129 e. The molecular weight excluding hydrogens is 376 g/mol. The first kappa shape index (κ1) is 20.2. The summed E-state index contributed by atoms with van der Waals surface area (Å²) in [7, 11) is 0. The molecule has 29 heavy (non-hydrogen) atoms. The van der Waals surface area contributed by atoms with Crippen LogP contribution in [0.3, 0.4) is 0 Å². The molecule has 4 heteroatoms. The van der Waals surface area contributed by atoms with Gasteiger partial charge in [0.25, 0.3) is 0 Å². The molecule has 0 aromatic heterocycles. The Morgan fingerprint density at radius 1 is 0.897 bits per heavy atom. The minimum Gasteiger partial charge on any atom is -0.207 e. The van der Waals surface area contributed by atoms with E-state index in [9.17, 15) is 17.6 Å². The van der Waals surface area contributed by atoms with Gasteiger partial charge in [-0.25, -0.2) is 17.6 Å². The average molecular weight is 402 g/mol. The number of allylic oxidation sites excluding steroid dienone is 2. The molecule has 0 radical (unpaired) electrons. The Morgan fingerprint density at radius 3 is 2.34 bits per heavy atom. The van der Waals surface area contributed by atoms with Gasteiger partial charge in [0.05, 0.1) is 0 Å². The molecule has 2 aromatic rings. The molecule has 1 fully saturated rings. The van der Waals surface area contributed by atoms with Gasteiger partial charge in [0, 0.05) is 12.1 Å². The van der Waals surface area contributed by atoms with Crippen LogP contribution in [0.25, 0.3) is 0 Å². The monoisotopic (exact) mass is 402 g/mol. The molecule has 154 valence electrons. The molecule has 0 nitrogen and oxygen atoms in total. The lowest BCUT2D eigenvalue weighted by Gasteiger charge is -2.47. The molecule has 4 rings (SSSR count). The lowest BCUT2D eigenvalue weighted by atomic mass is 9.57. The molecule has 2 aliphatic rings. The lowest BCUT2D eigenvalue weighted by molar-refractivity contribution is 0.160. The topological polar surface area (TPSA) is 0 Å². The Bertz CT molecular complexity index is 897. The summed E-state index contributed by atoms with van der Waals surface area (Å²) in [4.78, 5) is 0. The van der Waals surface area contributed by atoms with Crippen LogP contribution < -0.4 is 0 Å². The third kappa shape index (κ3) is 3.99. The van der Waals surface area contributed by atoms with Gasteiger partial charge < -0.3 is 0 Å². The zero-order valence-corrected chi connectivity index (χ0v) is 16.6. The fraction of sp³-hybridized carbons (Fsp3) is 0.440. The number of hydrogen-bond acceptors (Lipinski definition) is 0. The van der Waals surface area contributed by atoms with Crippen molar-refractivity contribution >= 4 is 0 Å². The van der Waals surface area contributed by atoms with Crippen LogP contribution in [-0.2, 0) is 6.42 Å². The Hall–Kier alpha value is -2.10. The summed E-state index contributed by atoms with van der Waals surface area (Å²) in [6, 6.07) is 6.22. The van der Waals surface area contributed by atoms with Crippen molar-refractivity contribution in [1.82, 2.24) is 0 Å². The minimum absolute atomic E-state index is 0.0105. The highest BCUT2D eigenvalue weighted by Gasteiger charge is 2.43. The Balaban J connectivity index is 1.74. The van der Waals surface area contributed by atoms with E-state index in [2.05, 4.69) is 6.08 Å². The molecule has 0 heterocycles. The summed E-state index contributed by atoms with van der Waals surface area (Å²) >= 11 is 0. The molecule has 0 saturated heterocycles. The van der Waals surface area contributed by atoms with Crippen LogP contribution in [0.1, 0.15) is 67.6 Å². The van der Waals surface area contributed by atoms with Crippen molar-refractivity contribution in [1.29, 1.82) is 0 Å². The third-order valence-electron chi connectivity index (χ3n) is 6.87. The third-order valence-corrected chi connectivity index (χ3v) is 6.87. The number of halogens is 4. The number of fused-ring (bicyclic) bond motifs is 3. The van der Waals surface area contributed by atoms with E-state index in [4.69, 9.17) is 0 Å². The van der Waals surface area contributed by atoms with E-state index in [1.165, 1.54) is 18.2 Å². The fourth-order valence-corrected chi connectivity index (χ4v) is 5.77. The summed E-state index contributed by atoms with van der Waals surface area (Å²) < 4.78 is 56.4. The molecule has 0 aliphatic heterocycles. The zero-order valence-electron chi connectivity index (χ0n) is 16.6. The quantitative estimate of drug-likeness (QED) is 0.368. The molecule has 0 unspecified atom stereocenters. The van der Waals surface area contributed by atoms with Crippen LogP contribution in [0.2, 0.25) is 0 Å². The second-order valence-electron chi connectivity index (χ2n) is 8.48. The van der Waals surface area contributed by atoms with Crippen molar-refractivity contribution in [2.24, 2.45) is 11.8 Å². The second-order valence-corrected chi connectivity index (χ2v) is 8.48. The Kier molecular flexibility index (Phi) is 5.80. The summed E-state index contributed by atoms with van der Waals surface area (Å²) in [5.74, 6) is -1.71. The molecular formula is C25H26F4. The Morgan fingerprint density at radius 2 is 1.62 bits per heavy atom. The molecule has 2 aromatic carbocycles. The predicted octanol–water partition coefficient (Wildman–Crippen LogP) is 7.44.